The second kappa shape index (κ2) is 6.74. The molecule has 32 valence electrons. The summed E-state index contributed by atoms with van der Waals surface area (Å²) in [7, 11) is 3.35. The Morgan fingerprint density at radius 3 is 1.29 bits per heavy atom. The van der Waals surface area contributed by atoms with E-state index in [1.807, 2.05) is 0 Å². The zero-order valence-electron chi connectivity index (χ0n) is 4.04. The van der Waals surface area contributed by atoms with Crippen LogP contribution in [0.2, 0.25) is 0 Å². The van der Waals surface area contributed by atoms with Gasteiger partial charge in [0.2, 0.25) is 0 Å². The van der Waals surface area contributed by atoms with Crippen LogP contribution in [0.4, 0.5) is 0 Å². The Labute approximate surface area is 92.9 Å². The van der Waals surface area contributed by atoms with Crippen LogP contribution in [0.25, 0.3) is 0 Å². The first-order valence-corrected chi connectivity index (χ1v) is 5.92. The first-order valence-electron chi connectivity index (χ1n) is 0.667. The van der Waals surface area contributed by atoms with Gasteiger partial charge in [0.05, 0.1) is 0 Å². The van der Waals surface area contributed by atoms with Crippen LogP contribution in [0.3, 0.4) is 0 Å². The summed E-state index contributed by atoms with van der Waals surface area (Å²) < 4.78 is 27.0. The van der Waals surface area contributed by atoms with Gasteiger partial charge in [0.25, 0.3) is 0 Å². The fourth-order valence-corrected chi connectivity index (χ4v) is 0. The van der Waals surface area contributed by atoms with Crippen molar-refractivity contribution in [2.75, 3.05) is 0 Å². The molecule has 0 fully saturated rings. The molecule has 0 N–H and O–H groups in total. The quantitative estimate of drug-likeness (QED) is 0.382. The molecule has 0 heterocycles. The zero-order chi connectivity index (χ0) is 4.50. The van der Waals surface area contributed by atoms with Crippen LogP contribution in [0.5, 0.6) is 0 Å². The van der Waals surface area contributed by atoms with Crippen molar-refractivity contribution in [2.45, 2.75) is 0 Å². The van der Waals surface area contributed by atoms with Crippen molar-refractivity contribution in [2.24, 2.45) is 0 Å². The van der Waals surface area contributed by atoms with Gasteiger partial charge in [-0.2, -0.15) is 0 Å². The Morgan fingerprint density at radius 2 is 1.29 bits per heavy atom. The second-order valence-electron chi connectivity index (χ2n) is 0.408. The maximum atomic E-state index is 9.00. The molecule has 0 aromatic carbocycles. The van der Waals surface area contributed by atoms with Crippen molar-refractivity contribution < 1.29 is 85.0 Å². The van der Waals surface area contributed by atoms with Crippen LogP contribution in [0.15, 0.2) is 0 Å². The Balaban J connectivity index is -0.0000000800. The first kappa shape index (κ1) is 16.3. The Kier molecular flexibility index (Phi) is 15.7. The van der Waals surface area contributed by atoms with Crippen LogP contribution in [0, 0.1) is 0 Å². The maximum absolute atomic E-state index is 9.00. The molecule has 0 aromatic rings. The Hall–Kier alpha value is 2.63. The van der Waals surface area contributed by atoms with Crippen LogP contribution < -0.4 is 66.6 Å². The molecule has 0 unspecified atom stereocenters. The van der Waals surface area contributed by atoms with Crippen LogP contribution in [0.1, 0.15) is 0 Å². The van der Waals surface area contributed by atoms with Gasteiger partial charge in [-0.15, -0.1) is 0 Å². The predicted molar refractivity (Wildman–Crippen MR) is 8.28 cm³/mol. The molecule has 0 saturated heterocycles. The van der Waals surface area contributed by atoms with Gasteiger partial charge in [-0.25, -0.2) is 0 Å². The van der Waals surface area contributed by atoms with E-state index in [0.29, 0.717) is 0 Å². The molecule has 0 rings (SSSR count). The van der Waals surface area contributed by atoms with Gasteiger partial charge in [-0.1, -0.05) is 0 Å². The van der Waals surface area contributed by atoms with Gasteiger partial charge < -0.3 is 0 Å². The Bertz CT molecular complexity index is 96.1. The van der Waals surface area contributed by atoms with Gasteiger partial charge in [0.15, 0.2) is 0 Å². The third-order valence-corrected chi connectivity index (χ3v) is 0. The van der Waals surface area contributed by atoms with Gasteiger partial charge in [0.1, 0.15) is 0 Å². The predicted octanol–water partition coefficient (Wildman–Crippen LogP) is -7.84. The number of hydrogen-bond donors (Lipinski definition) is 0. The third-order valence-electron chi connectivity index (χ3n) is 0. The van der Waals surface area contributed by atoms with E-state index in [2.05, 4.69) is 9.82 Å². The molecule has 7 heavy (non-hydrogen) atoms. The topological polar surface area (TPSA) is 63.2 Å². The average Bonchev–Trinajstić information content (AvgIpc) is 0.722. The van der Waals surface area contributed by atoms with E-state index in [0.717, 1.165) is 0 Å². The number of hydrogen-bond acceptors (Lipinski definition) is 4. The molecule has 3 nitrogen and oxygen atoms in total. The van der Waals surface area contributed by atoms with E-state index in [9.17, 15) is 0 Å². The van der Waals surface area contributed by atoms with Gasteiger partial charge in [0, 0.05) is 0 Å². The fraction of sp³-hybridized carbons (Fsp3) is 0. The SMILES string of the molecule is [Na+].[Na+].[O]=[Mo]([O-])([O-])=[S]. The summed E-state index contributed by atoms with van der Waals surface area (Å²) in [6, 6.07) is 0. The molecule has 0 aliphatic rings. The van der Waals surface area contributed by atoms with Crippen LogP contribution in [-0.2, 0) is 18.4 Å². The summed E-state index contributed by atoms with van der Waals surface area (Å²) in [5.41, 5.74) is 0. The van der Waals surface area contributed by atoms with Crippen molar-refractivity contribution in [3.63, 3.8) is 0 Å². The zero-order valence-corrected chi connectivity index (χ0v) is 10.9. The summed E-state index contributed by atoms with van der Waals surface area (Å²) in [4.78, 5) is 0. The second-order valence-corrected chi connectivity index (χ2v) is 4.83. The average molecular weight is 222 g/mol. The molecule has 7 heteroatoms. The monoisotopic (exact) mass is 224 g/mol. The molecule has 0 atom stereocenters. The molecule has 0 amide bonds. The fourth-order valence-electron chi connectivity index (χ4n) is 0. The molecule has 0 radical (unpaired) electrons. The molecule has 0 spiro atoms. The van der Waals surface area contributed by atoms with E-state index in [1.165, 1.54) is 0 Å². The summed E-state index contributed by atoms with van der Waals surface area (Å²) in [6.45, 7) is 0. The van der Waals surface area contributed by atoms with E-state index < -0.39 is 15.0 Å². The van der Waals surface area contributed by atoms with E-state index in [1.54, 1.807) is 0 Å². The number of rotatable bonds is 0. The molecule has 0 saturated carbocycles. The minimum atomic E-state index is -5.19. The van der Waals surface area contributed by atoms with Crippen molar-refractivity contribution >= 4 is 9.82 Å². The molecule has 0 aromatic heterocycles. The first-order chi connectivity index (χ1) is 2.00. The van der Waals surface area contributed by atoms with Crippen molar-refractivity contribution in [1.29, 1.82) is 0 Å². The minimum absolute atomic E-state index is 0. The van der Waals surface area contributed by atoms with E-state index >= 15 is 0 Å². The molecular formula is MoNa2O3S. The van der Waals surface area contributed by atoms with Crippen molar-refractivity contribution in [1.82, 2.24) is 0 Å². The summed E-state index contributed by atoms with van der Waals surface area (Å²) in [5, 5.41) is 0. The van der Waals surface area contributed by atoms with Gasteiger partial charge >= 0.3 is 94.8 Å². The standard InChI is InChI=1S/Mo.2Na.3O.S/q;2*+1;;2*-1;. The van der Waals surface area contributed by atoms with Crippen LogP contribution in [-0.4, -0.2) is 0 Å². The summed E-state index contributed by atoms with van der Waals surface area (Å²) >= 11 is -5.19. The van der Waals surface area contributed by atoms with E-state index in [-0.39, 0.29) is 59.1 Å². The molecule has 0 aliphatic carbocycles. The summed E-state index contributed by atoms with van der Waals surface area (Å²) in [5.74, 6) is 0. The molecular weight excluding hydrogens is 222 g/mol. The van der Waals surface area contributed by atoms with Gasteiger partial charge in [-0.3, -0.25) is 0 Å². The summed E-state index contributed by atoms with van der Waals surface area (Å²) in [6.07, 6.45) is 0. The van der Waals surface area contributed by atoms with Crippen LogP contribution >= 0.6 is 9.82 Å². The van der Waals surface area contributed by atoms with Gasteiger partial charge in [-0.05, 0) is 0 Å². The van der Waals surface area contributed by atoms with E-state index in [4.69, 9.17) is 10.9 Å². The Morgan fingerprint density at radius 1 is 1.29 bits per heavy atom. The van der Waals surface area contributed by atoms with Crippen molar-refractivity contribution in [3.05, 3.63) is 0 Å². The molecule has 0 bridgehead atoms. The normalized spacial score (nSPS) is 8.29. The molecule has 0 aliphatic heterocycles. The third kappa shape index (κ3) is 54.9. The van der Waals surface area contributed by atoms with Crippen molar-refractivity contribution in [3.8, 4) is 0 Å².